The maximum absolute atomic E-state index is 12.9. The van der Waals surface area contributed by atoms with Crippen LogP contribution in [0.2, 0.25) is 0 Å². The fourth-order valence-electron chi connectivity index (χ4n) is 4.22. The second kappa shape index (κ2) is 8.19. The van der Waals surface area contributed by atoms with Crippen molar-refractivity contribution < 1.29 is 9.53 Å². The second-order valence-electron chi connectivity index (χ2n) is 8.77. The zero-order chi connectivity index (χ0) is 20.4. The van der Waals surface area contributed by atoms with Gasteiger partial charge in [-0.05, 0) is 63.8 Å². The number of nitrogens with one attached hydrogen (secondary N) is 1. The monoisotopic (exact) mass is 396 g/mol. The van der Waals surface area contributed by atoms with Gasteiger partial charge in [-0.2, -0.15) is 5.10 Å². The van der Waals surface area contributed by atoms with E-state index in [0.717, 1.165) is 69.0 Å². The Morgan fingerprint density at radius 1 is 1.21 bits per heavy atom. The van der Waals surface area contributed by atoms with Gasteiger partial charge >= 0.3 is 0 Å². The van der Waals surface area contributed by atoms with Crippen LogP contribution in [0.5, 0.6) is 5.75 Å². The minimum absolute atomic E-state index is 0.243. The first-order valence-electron chi connectivity index (χ1n) is 10.7. The van der Waals surface area contributed by atoms with Crippen molar-refractivity contribution >= 4 is 5.91 Å². The number of aromatic amines is 1. The highest BCUT2D eigenvalue weighted by Gasteiger charge is 2.52. The maximum atomic E-state index is 12.9. The molecular weight excluding hydrogens is 364 g/mol. The molecule has 1 saturated carbocycles. The number of aromatic nitrogens is 2. The van der Waals surface area contributed by atoms with Crippen LogP contribution in [0.3, 0.4) is 0 Å². The van der Waals surface area contributed by atoms with Crippen molar-refractivity contribution in [3.05, 3.63) is 46.8 Å². The maximum Gasteiger partial charge on any atom is 0.231 e. The number of carbonyl (C=O) groups is 1. The van der Waals surface area contributed by atoms with Gasteiger partial charge in [0.05, 0.1) is 11.1 Å². The first-order valence-corrected chi connectivity index (χ1v) is 10.7. The Bertz CT molecular complexity index is 852. The van der Waals surface area contributed by atoms with Gasteiger partial charge in [0.1, 0.15) is 12.4 Å². The number of aryl methyl sites for hydroxylation is 2. The van der Waals surface area contributed by atoms with Gasteiger partial charge in [0.2, 0.25) is 5.91 Å². The average molecular weight is 397 g/mol. The van der Waals surface area contributed by atoms with E-state index in [4.69, 9.17) is 4.74 Å². The minimum atomic E-state index is -0.294. The molecule has 1 aromatic heterocycles. The highest BCUT2D eigenvalue weighted by molar-refractivity contribution is 5.85. The van der Waals surface area contributed by atoms with E-state index in [1.807, 2.05) is 18.0 Å². The smallest absolute Gasteiger partial charge is 0.231 e. The number of benzene rings is 1. The van der Waals surface area contributed by atoms with E-state index in [1.54, 1.807) is 0 Å². The topological polar surface area (TPSA) is 61.5 Å². The number of ether oxygens (including phenoxy) is 1. The molecule has 156 valence electrons. The van der Waals surface area contributed by atoms with E-state index in [9.17, 15) is 4.79 Å². The lowest BCUT2D eigenvalue weighted by Crippen LogP contribution is -2.38. The molecule has 2 bridgehead atoms. The fraction of sp³-hybridized carbons (Fsp3) is 0.565. The molecule has 2 aliphatic rings. The summed E-state index contributed by atoms with van der Waals surface area (Å²) in [6, 6.07) is 8.33. The van der Waals surface area contributed by atoms with Gasteiger partial charge in [-0.3, -0.25) is 14.8 Å². The SMILES string of the molecule is Cc1n[nH]c(C)c1CN1CCCCN(C)C(=O)C2(CC2)COc2cccc(c2)C1. The Labute approximate surface area is 173 Å². The van der Waals surface area contributed by atoms with Gasteiger partial charge < -0.3 is 9.64 Å². The highest BCUT2D eigenvalue weighted by Crippen LogP contribution is 2.47. The predicted octanol–water partition coefficient (Wildman–Crippen LogP) is 3.44. The lowest BCUT2D eigenvalue weighted by molar-refractivity contribution is -0.136. The van der Waals surface area contributed by atoms with Crippen molar-refractivity contribution in [3.63, 3.8) is 0 Å². The number of nitrogens with zero attached hydrogens (tertiary/aromatic N) is 3. The van der Waals surface area contributed by atoms with Crippen LogP contribution in [0.15, 0.2) is 24.3 Å². The molecule has 1 spiro atoms. The van der Waals surface area contributed by atoms with Crippen molar-refractivity contribution in [2.75, 3.05) is 26.7 Å². The van der Waals surface area contributed by atoms with Gasteiger partial charge in [-0.1, -0.05) is 12.1 Å². The molecule has 1 amide bonds. The van der Waals surface area contributed by atoms with Gasteiger partial charge in [-0.25, -0.2) is 0 Å². The summed E-state index contributed by atoms with van der Waals surface area (Å²) in [7, 11) is 1.94. The molecule has 2 heterocycles. The number of fused-ring (bicyclic) bond motifs is 2. The molecule has 6 heteroatoms. The predicted molar refractivity (Wildman–Crippen MR) is 113 cm³/mol. The van der Waals surface area contributed by atoms with Crippen LogP contribution in [0.1, 0.15) is 48.2 Å². The molecule has 0 saturated heterocycles. The van der Waals surface area contributed by atoms with Crippen molar-refractivity contribution in [1.82, 2.24) is 20.0 Å². The normalized spacial score (nSPS) is 20.4. The molecule has 29 heavy (non-hydrogen) atoms. The van der Waals surface area contributed by atoms with E-state index in [0.29, 0.717) is 6.61 Å². The summed E-state index contributed by atoms with van der Waals surface area (Å²) >= 11 is 0. The third-order valence-corrected chi connectivity index (χ3v) is 6.35. The van der Waals surface area contributed by atoms with Crippen molar-refractivity contribution in [2.45, 2.75) is 52.6 Å². The summed E-state index contributed by atoms with van der Waals surface area (Å²) in [5, 5.41) is 7.45. The van der Waals surface area contributed by atoms with Crippen LogP contribution in [-0.4, -0.2) is 52.6 Å². The molecular formula is C23H32N4O2. The van der Waals surface area contributed by atoms with Crippen molar-refractivity contribution in [3.8, 4) is 5.75 Å². The van der Waals surface area contributed by atoms with Gasteiger partial charge in [-0.15, -0.1) is 0 Å². The number of H-pyrrole nitrogens is 1. The molecule has 1 aliphatic heterocycles. The van der Waals surface area contributed by atoms with Crippen molar-refractivity contribution in [2.24, 2.45) is 5.41 Å². The minimum Gasteiger partial charge on any atom is -0.492 e. The molecule has 1 fully saturated rings. The molecule has 6 nitrogen and oxygen atoms in total. The quantitative estimate of drug-likeness (QED) is 0.845. The molecule has 1 aliphatic carbocycles. The van der Waals surface area contributed by atoms with Crippen LogP contribution in [0.4, 0.5) is 0 Å². The Kier molecular flexibility index (Phi) is 5.63. The largest absolute Gasteiger partial charge is 0.492 e. The summed E-state index contributed by atoms with van der Waals surface area (Å²) in [4.78, 5) is 17.3. The third-order valence-electron chi connectivity index (χ3n) is 6.35. The summed E-state index contributed by atoms with van der Waals surface area (Å²) in [5.74, 6) is 1.10. The molecule has 1 N–H and O–H groups in total. The molecule has 1 aromatic carbocycles. The standard InChI is InChI=1S/C23H32N4O2/c1-17-21(18(2)25-24-17)15-27-12-5-4-11-26(3)22(28)23(9-10-23)16-29-20-8-6-7-19(13-20)14-27/h6-8,13H,4-5,9-12,14-16H2,1-3H3,(H,24,25). The first-order chi connectivity index (χ1) is 14.0. The van der Waals surface area contributed by atoms with Gasteiger partial charge in [0.25, 0.3) is 0 Å². The Hall–Kier alpha value is -2.34. The molecule has 2 aromatic rings. The molecule has 0 atom stereocenters. The van der Waals surface area contributed by atoms with E-state index in [2.05, 4.69) is 47.1 Å². The lowest BCUT2D eigenvalue weighted by Gasteiger charge is -2.26. The molecule has 0 unspecified atom stereocenters. The fourth-order valence-corrected chi connectivity index (χ4v) is 4.22. The van der Waals surface area contributed by atoms with Gasteiger partial charge in [0.15, 0.2) is 0 Å². The van der Waals surface area contributed by atoms with E-state index >= 15 is 0 Å². The van der Waals surface area contributed by atoms with Crippen LogP contribution in [0, 0.1) is 19.3 Å². The highest BCUT2D eigenvalue weighted by atomic mass is 16.5. The van der Waals surface area contributed by atoms with Gasteiger partial charge in [0, 0.05) is 37.9 Å². The summed E-state index contributed by atoms with van der Waals surface area (Å²) in [6.45, 7) is 8.18. The number of hydrogen-bond donors (Lipinski definition) is 1. The van der Waals surface area contributed by atoms with E-state index in [1.165, 1.54) is 11.1 Å². The molecule has 4 rings (SSSR count). The average Bonchev–Trinajstić information content (AvgIpc) is 3.45. The number of rotatable bonds is 2. The summed E-state index contributed by atoms with van der Waals surface area (Å²) < 4.78 is 6.09. The second-order valence-corrected chi connectivity index (χ2v) is 8.77. The first kappa shape index (κ1) is 20.0. The van der Waals surface area contributed by atoms with Crippen LogP contribution in [0.25, 0.3) is 0 Å². The summed E-state index contributed by atoms with van der Waals surface area (Å²) in [5.41, 5.74) is 4.43. The number of amides is 1. The zero-order valence-corrected chi connectivity index (χ0v) is 17.8. The third kappa shape index (κ3) is 4.47. The Morgan fingerprint density at radius 3 is 2.72 bits per heavy atom. The lowest BCUT2D eigenvalue weighted by atomic mass is 10.1. The zero-order valence-electron chi connectivity index (χ0n) is 17.8. The Balaban J connectivity index is 1.55. The Morgan fingerprint density at radius 2 is 2.00 bits per heavy atom. The summed E-state index contributed by atoms with van der Waals surface area (Å²) in [6.07, 6.45) is 3.95. The number of hydrogen-bond acceptors (Lipinski definition) is 4. The van der Waals surface area contributed by atoms with E-state index < -0.39 is 0 Å². The van der Waals surface area contributed by atoms with Crippen LogP contribution < -0.4 is 4.74 Å². The van der Waals surface area contributed by atoms with Crippen LogP contribution in [-0.2, 0) is 17.9 Å². The van der Waals surface area contributed by atoms with Crippen LogP contribution >= 0.6 is 0 Å². The molecule has 0 radical (unpaired) electrons. The van der Waals surface area contributed by atoms with Crippen molar-refractivity contribution in [1.29, 1.82) is 0 Å². The number of carbonyl (C=O) groups excluding carboxylic acids is 1. The van der Waals surface area contributed by atoms with E-state index in [-0.39, 0.29) is 11.3 Å².